The predicted octanol–water partition coefficient (Wildman–Crippen LogP) is 1.48. The molecule has 1 aromatic carbocycles. The fourth-order valence-electron chi connectivity index (χ4n) is 1.26. The first kappa shape index (κ1) is 12.4. The van der Waals surface area contributed by atoms with Gasteiger partial charge in [-0.25, -0.2) is 8.78 Å². The van der Waals surface area contributed by atoms with Crippen molar-refractivity contribution < 1.29 is 28.5 Å². The number of aliphatic hydroxyl groups excluding tert-OH is 1. The molecule has 0 radical (unpaired) electrons. The molecule has 0 amide bonds. The first-order valence-corrected chi connectivity index (χ1v) is 4.38. The fourth-order valence-corrected chi connectivity index (χ4v) is 1.26. The second-order valence-corrected chi connectivity index (χ2v) is 3.12. The monoisotopic (exact) mass is 232 g/mol. The number of benzene rings is 1. The molecule has 16 heavy (non-hydrogen) atoms. The van der Waals surface area contributed by atoms with Gasteiger partial charge in [-0.15, -0.1) is 0 Å². The Hall–Kier alpha value is -1.69. The van der Waals surface area contributed by atoms with Crippen LogP contribution in [-0.2, 0) is 4.79 Å². The number of hydrogen-bond acceptors (Lipinski definition) is 3. The highest BCUT2D eigenvalue weighted by atomic mass is 19.2. The molecule has 0 saturated carbocycles. The van der Waals surface area contributed by atoms with Crippen molar-refractivity contribution in [1.82, 2.24) is 0 Å². The molecule has 0 unspecified atom stereocenters. The summed E-state index contributed by atoms with van der Waals surface area (Å²) in [6.07, 6.45) is -2.05. The zero-order chi connectivity index (χ0) is 12.3. The molecule has 1 atom stereocenters. The van der Waals surface area contributed by atoms with Crippen LogP contribution >= 0.6 is 0 Å². The van der Waals surface area contributed by atoms with Gasteiger partial charge in [0.25, 0.3) is 0 Å². The Bertz CT molecular complexity index is 406. The van der Waals surface area contributed by atoms with Crippen LogP contribution in [0.1, 0.15) is 18.1 Å². The predicted molar refractivity (Wildman–Crippen MR) is 50.1 cm³/mol. The van der Waals surface area contributed by atoms with Gasteiger partial charge in [-0.05, 0) is 6.07 Å². The van der Waals surface area contributed by atoms with Gasteiger partial charge in [-0.2, -0.15) is 0 Å². The number of aliphatic carboxylic acids is 1. The number of carboxylic acids is 1. The summed E-state index contributed by atoms with van der Waals surface area (Å²) < 4.78 is 30.4. The van der Waals surface area contributed by atoms with Gasteiger partial charge in [-0.1, -0.05) is 0 Å². The topological polar surface area (TPSA) is 66.8 Å². The Labute approximate surface area is 90.1 Å². The summed E-state index contributed by atoms with van der Waals surface area (Å²) in [5.41, 5.74) is -0.0937. The van der Waals surface area contributed by atoms with Crippen LogP contribution in [0.15, 0.2) is 12.1 Å². The van der Waals surface area contributed by atoms with Crippen molar-refractivity contribution in [3.8, 4) is 5.75 Å². The van der Waals surface area contributed by atoms with Crippen LogP contribution in [0.2, 0.25) is 0 Å². The molecular weight excluding hydrogens is 222 g/mol. The van der Waals surface area contributed by atoms with E-state index in [2.05, 4.69) is 0 Å². The van der Waals surface area contributed by atoms with Gasteiger partial charge < -0.3 is 14.9 Å². The van der Waals surface area contributed by atoms with Crippen molar-refractivity contribution in [2.24, 2.45) is 0 Å². The molecule has 0 aromatic heterocycles. The summed E-state index contributed by atoms with van der Waals surface area (Å²) in [7, 11) is 1.21. The molecule has 0 bridgehead atoms. The minimum absolute atomic E-state index is 0.0901. The van der Waals surface area contributed by atoms with Gasteiger partial charge in [0.1, 0.15) is 5.75 Å². The number of aliphatic hydroxyl groups is 1. The van der Waals surface area contributed by atoms with Crippen LogP contribution in [0.5, 0.6) is 5.75 Å². The summed E-state index contributed by atoms with van der Waals surface area (Å²) in [6.45, 7) is 0. The molecule has 2 N–H and O–H groups in total. The van der Waals surface area contributed by atoms with Gasteiger partial charge >= 0.3 is 5.97 Å². The fraction of sp³-hybridized carbons (Fsp3) is 0.300. The van der Waals surface area contributed by atoms with E-state index in [0.29, 0.717) is 0 Å². The maximum absolute atomic E-state index is 12.9. The highest BCUT2D eigenvalue weighted by Crippen LogP contribution is 2.29. The lowest BCUT2D eigenvalue weighted by molar-refractivity contribution is -0.139. The average molecular weight is 232 g/mol. The maximum atomic E-state index is 12.9. The SMILES string of the molecule is COc1cc(F)c(F)cc1[C@H](O)CC(=O)O. The number of carboxylic acid groups (broad SMARTS) is 1. The molecular formula is C10H10F2O4. The van der Waals surface area contributed by atoms with Crippen LogP contribution in [0, 0.1) is 11.6 Å². The van der Waals surface area contributed by atoms with E-state index in [1.807, 2.05) is 0 Å². The lowest BCUT2D eigenvalue weighted by Crippen LogP contribution is -2.08. The third-order valence-corrected chi connectivity index (χ3v) is 2.00. The van der Waals surface area contributed by atoms with Gasteiger partial charge in [0.05, 0.1) is 19.6 Å². The number of rotatable bonds is 4. The Kier molecular flexibility index (Phi) is 3.78. The van der Waals surface area contributed by atoms with E-state index < -0.39 is 30.1 Å². The van der Waals surface area contributed by atoms with E-state index in [0.717, 1.165) is 12.1 Å². The molecule has 6 heteroatoms. The van der Waals surface area contributed by atoms with Gasteiger partial charge in [0.15, 0.2) is 11.6 Å². The lowest BCUT2D eigenvalue weighted by atomic mass is 10.1. The standard InChI is InChI=1S/C10H10F2O4/c1-16-9-3-7(12)6(11)2-5(9)8(13)4-10(14)15/h2-3,8,13H,4H2,1H3,(H,14,15)/t8-/m1/s1. The minimum atomic E-state index is -1.44. The molecule has 0 saturated heterocycles. The smallest absolute Gasteiger partial charge is 0.306 e. The molecule has 0 aliphatic rings. The lowest BCUT2D eigenvalue weighted by Gasteiger charge is -2.13. The summed E-state index contributed by atoms with van der Waals surface area (Å²) >= 11 is 0. The van der Waals surface area contributed by atoms with E-state index in [-0.39, 0.29) is 11.3 Å². The summed E-state index contributed by atoms with van der Waals surface area (Å²) in [4.78, 5) is 10.4. The third-order valence-electron chi connectivity index (χ3n) is 2.00. The number of hydrogen-bond donors (Lipinski definition) is 2. The Morgan fingerprint density at radius 1 is 1.44 bits per heavy atom. The van der Waals surface area contributed by atoms with Gasteiger partial charge in [-0.3, -0.25) is 4.79 Å². The molecule has 0 aliphatic carbocycles. The highest BCUT2D eigenvalue weighted by molar-refractivity contribution is 5.68. The molecule has 4 nitrogen and oxygen atoms in total. The molecule has 0 heterocycles. The quantitative estimate of drug-likeness (QED) is 0.825. The number of carbonyl (C=O) groups is 1. The first-order valence-electron chi connectivity index (χ1n) is 4.38. The summed E-state index contributed by atoms with van der Waals surface area (Å²) in [6, 6.07) is 1.48. The normalized spacial score (nSPS) is 12.2. The van der Waals surface area contributed by atoms with Crippen molar-refractivity contribution >= 4 is 5.97 Å². The molecule has 0 fully saturated rings. The highest BCUT2D eigenvalue weighted by Gasteiger charge is 2.19. The first-order chi connectivity index (χ1) is 7.45. The van der Waals surface area contributed by atoms with E-state index in [1.165, 1.54) is 7.11 Å². The molecule has 1 aromatic rings. The second-order valence-electron chi connectivity index (χ2n) is 3.12. The molecule has 0 aliphatic heterocycles. The largest absolute Gasteiger partial charge is 0.496 e. The van der Waals surface area contributed by atoms with Crippen molar-refractivity contribution in [3.05, 3.63) is 29.3 Å². The van der Waals surface area contributed by atoms with Crippen molar-refractivity contribution in [3.63, 3.8) is 0 Å². The second kappa shape index (κ2) is 4.89. The molecule has 88 valence electrons. The zero-order valence-corrected chi connectivity index (χ0v) is 8.41. The number of halogens is 2. The van der Waals surface area contributed by atoms with Crippen LogP contribution in [0.3, 0.4) is 0 Å². The van der Waals surface area contributed by atoms with E-state index in [9.17, 15) is 18.7 Å². The average Bonchev–Trinajstić information content (AvgIpc) is 2.20. The number of ether oxygens (including phenoxy) is 1. The summed E-state index contributed by atoms with van der Waals surface area (Å²) in [5, 5.41) is 17.9. The van der Waals surface area contributed by atoms with Gasteiger partial charge in [0.2, 0.25) is 0 Å². The third kappa shape index (κ3) is 2.66. The number of methoxy groups -OCH3 is 1. The Morgan fingerprint density at radius 2 is 2.00 bits per heavy atom. The van der Waals surface area contributed by atoms with Crippen molar-refractivity contribution in [2.75, 3.05) is 7.11 Å². The van der Waals surface area contributed by atoms with Crippen LogP contribution in [0.4, 0.5) is 8.78 Å². The Balaban J connectivity index is 3.10. The summed E-state index contributed by atoms with van der Waals surface area (Å²) in [5.74, 6) is -3.63. The zero-order valence-electron chi connectivity index (χ0n) is 8.41. The van der Waals surface area contributed by atoms with E-state index >= 15 is 0 Å². The minimum Gasteiger partial charge on any atom is -0.496 e. The van der Waals surface area contributed by atoms with Crippen LogP contribution < -0.4 is 4.74 Å². The molecule has 1 rings (SSSR count). The maximum Gasteiger partial charge on any atom is 0.306 e. The molecule has 0 spiro atoms. The van der Waals surface area contributed by atoms with Crippen LogP contribution in [-0.4, -0.2) is 23.3 Å². The van der Waals surface area contributed by atoms with Crippen LogP contribution in [0.25, 0.3) is 0 Å². The van der Waals surface area contributed by atoms with Gasteiger partial charge in [0, 0.05) is 11.6 Å². The van der Waals surface area contributed by atoms with E-state index in [4.69, 9.17) is 9.84 Å². The van der Waals surface area contributed by atoms with E-state index in [1.54, 1.807) is 0 Å². The Morgan fingerprint density at radius 3 is 2.50 bits per heavy atom. The van der Waals surface area contributed by atoms with Crippen molar-refractivity contribution in [2.45, 2.75) is 12.5 Å². The van der Waals surface area contributed by atoms with Crippen molar-refractivity contribution in [1.29, 1.82) is 0 Å².